The number of aromatic carboxylic acids is 2. The van der Waals surface area contributed by atoms with Crippen LogP contribution in [0.2, 0.25) is 0 Å². The number of rotatable bonds is 4. The molecule has 8 nitrogen and oxygen atoms in total. The van der Waals surface area contributed by atoms with Crippen molar-refractivity contribution in [3.63, 3.8) is 0 Å². The van der Waals surface area contributed by atoms with Gasteiger partial charge in [-0.2, -0.15) is 0 Å². The molecule has 0 aliphatic carbocycles. The van der Waals surface area contributed by atoms with Gasteiger partial charge in [0.1, 0.15) is 0 Å². The maximum atomic E-state index is 12.1. The minimum Gasteiger partial charge on any atom is -0.545 e. The summed E-state index contributed by atoms with van der Waals surface area (Å²) in [5.41, 5.74) is 10.7. The number of carboxylic acids is 2. The number of carbonyl (C=O) groups is 4. The molecular weight excluding hydrogens is 412 g/mol. The number of nitrogens with two attached hydrogens (primary N) is 2. The third kappa shape index (κ3) is 2.37. The lowest BCUT2D eigenvalue weighted by molar-refractivity contribution is -0.255. The monoisotopic (exact) mass is 424 g/mol. The number of primary amides is 2. The van der Waals surface area contributed by atoms with Gasteiger partial charge in [0.2, 0.25) is 11.8 Å². The first kappa shape index (κ1) is 19.3. The van der Waals surface area contributed by atoms with Crippen molar-refractivity contribution < 1.29 is 29.4 Å². The molecule has 0 saturated heterocycles. The fraction of sp³-hybridized carbons (Fsp3) is 0. The van der Waals surface area contributed by atoms with E-state index in [1.165, 1.54) is 36.4 Å². The molecule has 5 aromatic carbocycles. The van der Waals surface area contributed by atoms with Crippen LogP contribution in [0, 0.1) is 0 Å². The van der Waals surface area contributed by atoms with E-state index < -0.39 is 23.8 Å². The number of benzene rings is 5. The number of hydrogen-bond donors (Lipinski definition) is 2. The SMILES string of the molecule is NC(=O)c1ccc2c3ccc(C(=O)[O-])c4c(C(=O)[O-])ccc(c5ccc(C(N)=O)c1c25)c43. The van der Waals surface area contributed by atoms with Crippen molar-refractivity contribution in [2.75, 3.05) is 0 Å². The first-order valence-electron chi connectivity index (χ1n) is 9.44. The molecule has 8 heteroatoms. The predicted octanol–water partition coefficient (Wildman–Crippen LogP) is 0.662. The lowest BCUT2D eigenvalue weighted by Crippen LogP contribution is -2.26. The van der Waals surface area contributed by atoms with Crippen molar-refractivity contribution in [1.82, 2.24) is 0 Å². The smallest absolute Gasteiger partial charge is 0.249 e. The van der Waals surface area contributed by atoms with Crippen molar-refractivity contribution in [3.8, 4) is 0 Å². The Labute approximate surface area is 179 Å². The lowest BCUT2D eigenvalue weighted by Gasteiger charge is -2.20. The molecule has 0 aromatic heterocycles. The van der Waals surface area contributed by atoms with Crippen LogP contribution in [0.3, 0.4) is 0 Å². The number of fused-ring (bicyclic) bond motifs is 2. The van der Waals surface area contributed by atoms with Crippen LogP contribution in [0.25, 0.3) is 43.1 Å². The molecule has 32 heavy (non-hydrogen) atoms. The van der Waals surface area contributed by atoms with E-state index in [4.69, 9.17) is 11.5 Å². The molecule has 5 aromatic rings. The Bertz CT molecular complexity index is 1440. The zero-order chi connectivity index (χ0) is 22.9. The molecule has 4 N–H and O–H groups in total. The van der Waals surface area contributed by atoms with Gasteiger partial charge in [-0.25, -0.2) is 0 Å². The Morgan fingerprint density at radius 2 is 0.750 bits per heavy atom. The van der Waals surface area contributed by atoms with Crippen molar-refractivity contribution in [2.24, 2.45) is 11.5 Å². The zero-order valence-electron chi connectivity index (χ0n) is 16.2. The molecule has 2 amide bonds. The minimum atomic E-state index is -1.53. The van der Waals surface area contributed by atoms with Gasteiger partial charge in [-0.05, 0) is 44.5 Å². The van der Waals surface area contributed by atoms with Gasteiger partial charge in [0, 0.05) is 33.0 Å². The molecule has 0 aliphatic rings. The van der Waals surface area contributed by atoms with E-state index in [0.29, 0.717) is 32.3 Å². The number of carbonyl (C=O) groups excluding carboxylic acids is 4. The molecule has 5 rings (SSSR count). The third-order valence-corrected chi connectivity index (χ3v) is 5.87. The Hall–Kier alpha value is -4.72. The van der Waals surface area contributed by atoms with Gasteiger partial charge in [0.15, 0.2) is 0 Å². The maximum absolute atomic E-state index is 12.1. The molecular formula is C24H12N2O6-2. The molecule has 0 saturated carbocycles. The fourth-order valence-electron chi connectivity index (χ4n) is 4.64. The summed E-state index contributed by atoms with van der Waals surface area (Å²) in [5, 5.41) is 26.9. The Morgan fingerprint density at radius 3 is 1.03 bits per heavy atom. The first-order valence-corrected chi connectivity index (χ1v) is 9.44. The molecule has 0 radical (unpaired) electrons. The van der Waals surface area contributed by atoms with E-state index in [1.54, 1.807) is 12.1 Å². The standard InChI is InChI=1S/C24H14N2O6/c25-21(27)13-5-1-9-11-3-7-15(23(29)30)20-16(24(31)32)8-4-12(18(11)20)10-2-6-14(22(26)28)19(13)17(9)10/h1-8H,(H2,25,27)(H2,26,28)(H,29,30)(H,31,32)/p-2. The Kier molecular flexibility index (Phi) is 3.84. The summed E-state index contributed by atoms with van der Waals surface area (Å²) in [4.78, 5) is 47.8. The molecule has 0 spiro atoms. The Morgan fingerprint density at radius 1 is 0.469 bits per heavy atom. The van der Waals surface area contributed by atoms with Crippen molar-refractivity contribution >= 4 is 66.8 Å². The van der Waals surface area contributed by atoms with E-state index in [0.717, 1.165) is 0 Å². The van der Waals surface area contributed by atoms with E-state index in [9.17, 15) is 29.4 Å². The van der Waals surface area contributed by atoms with Gasteiger partial charge in [-0.3, -0.25) is 9.59 Å². The van der Waals surface area contributed by atoms with Crippen molar-refractivity contribution in [1.29, 1.82) is 0 Å². The first-order chi connectivity index (χ1) is 15.2. The van der Waals surface area contributed by atoms with Crippen LogP contribution in [0.5, 0.6) is 0 Å². The molecule has 0 fully saturated rings. The summed E-state index contributed by atoms with van der Waals surface area (Å²) in [6, 6.07) is 11.8. The van der Waals surface area contributed by atoms with E-state index in [2.05, 4.69) is 0 Å². The summed E-state index contributed by atoms with van der Waals surface area (Å²) in [5.74, 6) is -4.54. The summed E-state index contributed by atoms with van der Waals surface area (Å²) in [6.45, 7) is 0. The number of hydrogen-bond acceptors (Lipinski definition) is 6. The van der Waals surface area contributed by atoms with E-state index in [1.807, 2.05) is 0 Å². The number of carboxylic acid groups (broad SMARTS) is 2. The summed E-state index contributed by atoms with van der Waals surface area (Å²) in [6.07, 6.45) is 0. The summed E-state index contributed by atoms with van der Waals surface area (Å²) >= 11 is 0. The van der Waals surface area contributed by atoms with Gasteiger partial charge in [-0.1, -0.05) is 36.4 Å². The average Bonchev–Trinajstić information content (AvgIpc) is 2.75. The van der Waals surface area contributed by atoms with Crippen LogP contribution in [0.15, 0.2) is 48.5 Å². The molecule has 0 unspecified atom stereocenters. The van der Waals surface area contributed by atoms with Crippen LogP contribution < -0.4 is 21.7 Å². The third-order valence-electron chi connectivity index (χ3n) is 5.87. The van der Waals surface area contributed by atoms with E-state index in [-0.39, 0.29) is 33.0 Å². The maximum Gasteiger partial charge on any atom is 0.249 e. The minimum absolute atomic E-state index is 0.0169. The van der Waals surface area contributed by atoms with Crippen LogP contribution in [0.4, 0.5) is 0 Å². The average molecular weight is 424 g/mol. The second-order valence-electron chi connectivity index (χ2n) is 7.45. The van der Waals surface area contributed by atoms with Crippen LogP contribution in [0.1, 0.15) is 41.4 Å². The molecule has 0 bridgehead atoms. The van der Waals surface area contributed by atoms with Crippen molar-refractivity contribution in [3.05, 3.63) is 70.8 Å². The van der Waals surface area contributed by atoms with Crippen LogP contribution in [-0.4, -0.2) is 23.8 Å². The highest BCUT2D eigenvalue weighted by Gasteiger charge is 2.22. The van der Waals surface area contributed by atoms with Crippen LogP contribution >= 0.6 is 0 Å². The van der Waals surface area contributed by atoms with Gasteiger partial charge in [-0.15, -0.1) is 0 Å². The van der Waals surface area contributed by atoms with Crippen molar-refractivity contribution in [2.45, 2.75) is 0 Å². The van der Waals surface area contributed by atoms with Crippen LogP contribution in [-0.2, 0) is 0 Å². The fourth-order valence-corrected chi connectivity index (χ4v) is 4.64. The second-order valence-corrected chi connectivity index (χ2v) is 7.45. The molecule has 0 aliphatic heterocycles. The topological polar surface area (TPSA) is 166 Å². The van der Waals surface area contributed by atoms with Gasteiger partial charge in [0.05, 0.1) is 11.9 Å². The quantitative estimate of drug-likeness (QED) is 0.317. The highest BCUT2D eigenvalue weighted by molar-refractivity contribution is 6.38. The predicted molar refractivity (Wildman–Crippen MR) is 113 cm³/mol. The second kappa shape index (κ2) is 6.39. The van der Waals surface area contributed by atoms with E-state index >= 15 is 0 Å². The highest BCUT2D eigenvalue weighted by Crippen LogP contribution is 2.43. The lowest BCUT2D eigenvalue weighted by atomic mass is 9.84. The summed E-state index contributed by atoms with van der Waals surface area (Å²) in [7, 11) is 0. The zero-order valence-corrected chi connectivity index (χ0v) is 16.2. The summed E-state index contributed by atoms with van der Waals surface area (Å²) < 4.78 is 0. The highest BCUT2D eigenvalue weighted by atomic mass is 16.4. The van der Waals surface area contributed by atoms with Gasteiger partial charge >= 0.3 is 0 Å². The molecule has 0 heterocycles. The van der Waals surface area contributed by atoms with Gasteiger partial charge in [0.25, 0.3) is 0 Å². The Balaban J connectivity index is 2.17. The number of amides is 2. The largest absolute Gasteiger partial charge is 0.545 e. The molecule has 156 valence electrons. The normalized spacial score (nSPS) is 11.5. The molecule has 0 atom stereocenters. The van der Waals surface area contributed by atoms with Gasteiger partial charge < -0.3 is 31.3 Å².